The van der Waals surface area contributed by atoms with Gasteiger partial charge in [-0.1, -0.05) is 47.5 Å². The molecule has 3 aromatic rings. The predicted octanol–water partition coefficient (Wildman–Crippen LogP) is 4.21. The van der Waals surface area contributed by atoms with Crippen molar-refractivity contribution in [3.8, 4) is 0 Å². The molecular formula is C19H20N2. The quantitative estimate of drug-likeness (QED) is 0.761. The molecule has 21 heavy (non-hydrogen) atoms. The van der Waals surface area contributed by atoms with E-state index < -0.39 is 0 Å². The van der Waals surface area contributed by atoms with Crippen molar-refractivity contribution in [2.75, 3.05) is 0 Å². The van der Waals surface area contributed by atoms with Crippen molar-refractivity contribution in [2.24, 2.45) is 5.73 Å². The Bertz CT molecular complexity index is 786. The van der Waals surface area contributed by atoms with Gasteiger partial charge in [0.25, 0.3) is 0 Å². The Hall–Kier alpha value is -2.19. The molecule has 0 fully saturated rings. The minimum Gasteiger partial charge on any atom is -0.320 e. The van der Waals surface area contributed by atoms with Gasteiger partial charge in [0.1, 0.15) is 0 Å². The molecule has 0 aliphatic rings. The first-order chi connectivity index (χ1) is 10.0. The van der Waals surface area contributed by atoms with Crippen LogP contribution in [0.5, 0.6) is 0 Å². The summed E-state index contributed by atoms with van der Waals surface area (Å²) in [5.41, 5.74) is 13.4. The van der Waals surface area contributed by atoms with Gasteiger partial charge in [0.15, 0.2) is 0 Å². The summed E-state index contributed by atoms with van der Waals surface area (Å²) in [6.07, 6.45) is 0. The maximum absolute atomic E-state index is 6.56. The first-order valence-electron chi connectivity index (χ1n) is 7.24. The molecule has 0 amide bonds. The third-order valence-electron chi connectivity index (χ3n) is 3.81. The number of aryl methyl sites for hydroxylation is 3. The zero-order valence-corrected chi connectivity index (χ0v) is 12.7. The van der Waals surface area contributed by atoms with Gasteiger partial charge in [-0.15, -0.1) is 0 Å². The Labute approximate surface area is 125 Å². The van der Waals surface area contributed by atoms with E-state index in [1.54, 1.807) is 0 Å². The Balaban J connectivity index is 2.19. The highest BCUT2D eigenvalue weighted by atomic mass is 14.7. The van der Waals surface area contributed by atoms with E-state index in [0.717, 1.165) is 27.7 Å². The van der Waals surface area contributed by atoms with Gasteiger partial charge < -0.3 is 5.73 Å². The van der Waals surface area contributed by atoms with E-state index in [1.807, 2.05) is 25.1 Å². The van der Waals surface area contributed by atoms with E-state index in [2.05, 4.69) is 49.2 Å². The van der Waals surface area contributed by atoms with Crippen LogP contribution in [-0.2, 0) is 0 Å². The standard InChI is InChI=1S/C19H20N2/c1-12-8-13(2)10-15(9-12)19(20)17-11-14(3)21-18-7-5-4-6-16(17)18/h4-11,19H,20H2,1-3H3. The molecule has 0 saturated heterocycles. The van der Waals surface area contributed by atoms with Crippen LogP contribution >= 0.6 is 0 Å². The molecule has 106 valence electrons. The summed E-state index contributed by atoms with van der Waals surface area (Å²) in [5.74, 6) is 0. The summed E-state index contributed by atoms with van der Waals surface area (Å²) in [4.78, 5) is 4.59. The van der Waals surface area contributed by atoms with Gasteiger partial charge >= 0.3 is 0 Å². The minimum atomic E-state index is -0.129. The van der Waals surface area contributed by atoms with Gasteiger partial charge in [-0.2, -0.15) is 0 Å². The lowest BCUT2D eigenvalue weighted by atomic mass is 9.93. The lowest BCUT2D eigenvalue weighted by molar-refractivity contribution is 0.872. The van der Waals surface area contributed by atoms with Gasteiger partial charge in [0, 0.05) is 11.1 Å². The van der Waals surface area contributed by atoms with Crippen LogP contribution in [0.4, 0.5) is 0 Å². The fourth-order valence-electron chi connectivity index (χ4n) is 2.97. The third-order valence-corrected chi connectivity index (χ3v) is 3.81. The summed E-state index contributed by atoms with van der Waals surface area (Å²) in [6.45, 7) is 6.24. The van der Waals surface area contributed by atoms with Crippen LogP contribution in [0.1, 0.15) is 34.0 Å². The van der Waals surface area contributed by atoms with Crippen LogP contribution in [-0.4, -0.2) is 4.98 Å². The molecule has 3 rings (SSSR count). The summed E-state index contributed by atoms with van der Waals surface area (Å²) < 4.78 is 0. The lowest BCUT2D eigenvalue weighted by Crippen LogP contribution is -2.13. The zero-order valence-electron chi connectivity index (χ0n) is 12.7. The number of nitrogens with two attached hydrogens (primary N) is 1. The van der Waals surface area contributed by atoms with Crippen molar-refractivity contribution >= 4 is 10.9 Å². The normalized spacial score (nSPS) is 12.6. The van der Waals surface area contributed by atoms with Crippen molar-refractivity contribution in [1.82, 2.24) is 4.98 Å². The highest BCUT2D eigenvalue weighted by molar-refractivity contribution is 5.83. The molecule has 2 heteroatoms. The second-order valence-corrected chi connectivity index (χ2v) is 5.77. The molecule has 2 aromatic carbocycles. The summed E-state index contributed by atoms with van der Waals surface area (Å²) in [6, 6.07) is 16.7. The fraction of sp³-hybridized carbons (Fsp3) is 0.211. The number of aromatic nitrogens is 1. The predicted molar refractivity (Wildman–Crippen MR) is 88.4 cm³/mol. The van der Waals surface area contributed by atoms with E-state index >= 15 is 0 Å². The number of benzene rings is 2. The average molecular weight is 276 g/mol. The van der Waals surface area contributed by atoms with Crippen LogP contribution in [0, 0.1) is 20.8 Å². The van der Waals surface area contributed by atoms with E-state index in [1.165, 1.54) is 11.1 Å². The van der Waals surface area contributed by atoms with E-state index in [-0.39, 0.29) is 6.04 Å². The third kappa shape index (κ3) is 2.67. The van der Waals surface area contributed by atoms with Crippen molar-refractivity contribution in [3.05, 3.63) is 76.5 Å². The van der Waals surface area contributed by atoms with Crippen LogP contribution in [0.15, 0.2) is 48.5 Å². The molecule has 1 unspecified atom stereocenters. The molecule has 0 saturated carbocycles. The molecule has 2 N–H and O–H groups in total. The largest absolute Gasteiger partial charge is 0.320 e. The molecule has 0 radical (unpaired) electrons. The maximum atomic E-state index is 6.56. The summed E-state index contributed by atoms with van der Waals surface area (Å²) >= 11 is 0. The molecule has 0 spiro atoms. The van der Waals surface area contributed by atoms with Crippen molar-refractivity contribution in [1.29, 1.82) is 0 Å². The highest BCUT2D eigenvalue weighted by Gasteiger charge is 2.14. The maximum Gasteiger partial charge on any atom is 0.0708 e. The first kappa shape index (κ1) is 13.8. The van der Waals surface area contributed by atoms with Gasteiger partial charge in [-0.05, 0) is 44.0 Å². The SMILES string of the molecule is Cc1cc(C)cc(C(N)c2cc(C)nc3ccccc23)c1. The number of nitrogens with zero attached hydrogens (tertiary/aromatic N) is 1. The Morgan fingerprint density at radius 1 is 0.905 bits per heavy atom. The average Bonchev–Trinajstić information content (AvgIpc) is 2.44. The van der Waals surface area contributed by atoms with Gasteiger partial charge in [0.2, 0.25) is 0 Å². The second kappa shape index (κ2) is 5.30. The summed E-state index contributed by atoms with van der Waals surface area (Å²) in [7, 11) is 0. The molecule has 1 heterocycles. The zero-order chi connectivity index (χ0) is 15.0. The Morgan fingerprint density at radius 2 is 1.57 bits per heavy atom. The topological polar surface area (TPSA) is 38.9 Å². The van der Waals surface area contributed by atoms with E-state index in [4.69, 9.17) is 5.73 Å². The number of pyridine rings is 1. The van der Waals surface area contributed by atoms with Crippen LogP contribution in [0.3, 0.4) is 0 Å². The molecule has 1 atom stereocenters. The number of fused-ring (bicyclic) bond motifs is 1. The minimum absolute atomic E-state index is 0.129. The Kier molecular flexibility index (Phi) is 3.48. The summed E-state index contributed by atoms with van der Waals surface area (Å²) in [5, 5.41) is 1.13. The Morgan fingerprint density at radius 3 is 2.29 bits per heavy atom. The molecule has 1 aromatic heterocycles. The monoisotopic (exact) mass is 276 g/mol. The number of para-hydroxylation sites is 1. The molecule has 0 aliphatic carbocycles. The molecule has 2 nitrogen and oxygen atoms in total. The van der Waals surface area contributed by atoms with Gasteiger partial charge in [0.05, 0.1) is 11.6 Å². The van der Waals surface area contributed by atoms with Crippen molar-refractivity contribution in [2.45, 2.75) is 26.8 Å². The van der Waals surface area contributed by atoms with Crippen LogP contribution in [0.25, 0.3) is 10.9 Å². The smallest absolute Gasteiger partial charge is 0.0708 e. The highest BCUT2D eigenvalue weighted by Crippen LogP contribution is 2.28. The van der Waals surface area contributed by atoms with E-state index in [9.17, 15) is 0 Å². The van der Waals surface area contributed by atoms with Gasteiger partial charge in [-0.25, -0.2) is 0 Å². The second-order valence-electron chi connectivity index (χ2n) is 5.77. The first-order valence-corrected chi connectivity index (χ1v) is 7.24. The van der Waals surface area contributed by atoms with Gasteiger partial charge in [-0.3, -0.25) is 4.98 Å². The molecule has 0 aliphatic heterocycles. The van der Waals surface area contributed by atoms with Crippen molar-refractivity contribution in [3.63, 3.8) is 0 Å². The molecular weight excluding hydrogens is 256 g/mol. The number of hydrogen-bond donors (Lipinski definition) is 1. The van der Waals surface area contributed by atoms with Crippen molar-refractivity contribution < 1.29 is 0 Å². The molecule has 0 bridgehead atoms. The van der Waals surface area contributed by atoms with Crippen LogP contribution < -0.4 is 5.73 Å². The number of rotatable bonds is 2. The van der Waals surface area contributed by atoms with Crippen LogP contribution in [0.2, 0.25) is 0 Å². The fourth-order valence-corrected chi connectivity index (χ4v) is 2.97. The van der Waals surface area contributed by atoms with E-state index in [0.29, 0.717) is 0 Å². The lowest BCUT2D eigenvalue weighted by Gasteiger charge is -2.17. The number of hydrogen-bond acceptors (Lipinski definition) is 2.